The van der Waals surface area contributed by atoms with Gasteiger partial charge in [0.15, 0.2) is 0 Å². The van der Waals surface area contributed by atoms with Crippen molar-refractivity contribution in [2.24, 2.45) is 10.9 Å². The van der Waals surface area contributed by atoms with Gasteiger partial charge in [-0.05, 0) is 17.7 Å². The average molecular weight is 306 g/mol. The van der Waals surface area contributed by atoms with E-state index >= 15 is 0 Å². The first-order chi connectivity index (χ1) is 8.91. The van der Waals surface area contributed by atoms with Crippen LogP contribution in [0.1, 0.15) is 16.7 Å². The highest BCUT2D eigenvalue weighted by Gasteiger charge is 2.61. The highest BCUT2D eigenvalue weighted by molar-refractivity contribution is 5.80. The van der Waals surface area contributed by atoms with Crippen LogP contribution in [0.5, 0.6) is 0 Å². The van der Waals surface area contributed by atoms with Gasteiger partial charge in [0.2, 0.25) is 0 Å². The van der Waals surface area contributed by atoms with Gasteiger partial charge in [-0.3, -0.25) is 0 Å². The molecule has 10 heteroatoms. The maximum absolute atomic E-state index is 13.2. The number of hydrazone groups is 1. The molecule has 0 saturated carbocycles. The predicted molar refractivity (Wildman–Crippen MR) is 53.2 cm³/mol. The van der Waals surface area contributed by atoms with E-state index in [2.05, 4.69) is 10.9 Å². The third-order valence-electron chi connectivity index (χ3n) is 2.27. The van der Waals surface area contributed by atoms with Crippen LogP contribution < -0.4 is 5.84 Å². The molecule has 1 rings (SSSR count). The van der Waals surface area contributed by atoms with Gasteiger partial charge in [0.1, 0.15) is 0 Å². The quantitative estimate of drug-likeness (QED) is 0.385. The molecule has 0 heterocycles. The Morgan fingerprint density at radius 1 is 0.900 bits per heavy atom. The van der Waals surface area contributed by atoms with Gasteiger partial charge in [-0.15, -0.1) is 0 Å². The lowest BCUT2D eigenvalue weighted by Gasteiger charge is -2.23. The van der Waals surface area contributed by atoms with Gasteiger partial charge >= 0.3 is 18.3 Å². The second-order valence-electron chi connectivity index (χ2n) is 3.65. The fourth-order valence-corrected chi connectivity index (χ4v) is 1.39. The molecule has 0 aromatic heterocycles. The molecule has 0 atom stereocenters. The summed E-state index contributed by atoms with van der Waals surface area (Å²) in [6.07, 6.45) is -10.9. The summed E-state index contributed by atoms with van der Waals surface area (Å²) in [5.74, 6) is -0.990. The molecule has 0 aliphatic carbocycles. The Morgan fingerprint density at radius 2 is 1.45 bits per heavy atom. The van der Waals surface area contributed by atoms with Crippen LogP contribution >= 0.6 is 0 Å². The number of nitrogens with two attached hydrogens (primary N) is 1. The van der Waals surface area contributed by atoms with Crippen LogP contribution in [0.2, 0.25) is 0 Å². The minimum Gasteiger partial charge on any atom is -0.323 e. The van der Waals surface area contributed by atoms with Crippen molar-refractivity contribution in [2.75, 3.05) is 0 Å². The molecule has 2 nitrogen and oxygen atoms in total. The molecule has 0 aliphatic heterocycles. The topological polar surface area (TPSA) is 38.4 Å². The van der Waals surface area contributed by atoms with Crippen molar-refractivity contribution in [3.05, 3.63) is 34.9 Å². The van der Waals surface area contributed by atoms with Gasteiger partial charge < -0.3 is 5.84 Å². The Bertz CT molecular complexity index is 515. The molecule has 0 bridgehead atoms. The maximum Gasteiger partial charge on any atom is 0.458 e. The Morgan fingerprint density at radius 3 is 1.85 bits per heavy atom. The second-order valence-corrected chi connectivity index (χ2v) is 3.65. The SMILES string of the molecule is NN=Cc1ccc(C(F)(F)F)c(C(F)(F)C(F)(F)F)c1. The third-order valence-corrected chi connectivity index (χ3v) is 2.27. The summed E-state index contributed by atoms with van der Waals surface area (Å²) >= 11 is 0. The Labute approximate surface area is 106 Å². The van der Waals surface area contributed by atoms with Gasteiger partial charge in [-0.1, -0.05) is 6.07 Å². The number of hydrogen-bond acceptors (Lipinski definition) is 2. The summed E-state index contributed by atoms with van der Waals surface area (Å²) < 4.78 is 101. The molecular formula is C10H6F8N2. The number of hydrogen-bond donors (Lipinski definition) is 1. The fraction of sp³-hybridized carbons (Fsp3) is 0.300. The molecule has 1 aromatic carbocycles. The third kappa shape index (κ3) is 2.99. The summed E-state index contributed by atoms with van der Waals surface area (Å²) in [5.41, 5.74) is -4.69. The van der Waals surface area contributed by atoms with Crippen molar-refractivity contribution in [1.82, 2.24) is 0 Å². The van der Waals surface area contributed by atoms with E-state index in [4.69, 9.17) is 0 Å². The summed E-state index contributed by atoms with van der Waals surface area (Å²) in [7, 11) is 0. The smallest absolute Gasteiger partial charge is 0.323 e. The lowest BCUT2D eigenvalue weighted by atomic mass is 9.98. The summed E-state index contributed by atoms with van der Waals surface area (Å²) in [6, 6.07) is 0.841. The van der Waals surface area contributed by atoms with E-state index in [-0.39, 0.29) is 12.1 Å². The minimum atomic E-state index is -6.16. The zero-order valence-electron chi connectivity index (χ0n) is 9.36. The van der Waals surface area contributed by atoms with E-state index in [9.17, 15) is 35.1 Å². The van der Waals surface area contributed by atoms with Crippen molar-refractivity contribution in [3.8, 4) is 0 Å². The molecule has 2 N–H and O–H groups in total. The van der Waals surface area contributed by atoms with Crippen LogP contribution in [-0.4, -0.2) is 12.4 Å². The molecule has 0 fully saturated rings. The normalized spacial score (nSPS) is 14.0. The van der Waals surface area contributed by atoms with Gasteiger partial charge in [0.05, 0.1) is 11.8 Å². The van der Waals surface area contributed by atoms with E-state index in [1.165, 1.54) is 0 Å². The predicted octanol–water partition coefficient (Wildman–Crippen LogP) is 3.65. The van der Waals surface area contributed by atoms with Crippen LogP contribution in [-0.2, 0) is 12.1 Å². The van der Waals surface area contributed by atoms with Crippen LogP contribution in [0, 0.1) is 0 Å². The number of benzene rings is 1. The number of rotatable bonds is 2. The summed E-state index contributed by atoms with van der Waals surface area (Å²) in [5, 5.41) is 2.85. The molecule has 0 radical (unpaired) electrons. The summed E-state index contributed by atoms with van der Waals surface area (Å²) in [6.45, 7) is 0. The number of alkyl halides is 8. The molecule has 0 saturated heterocycles. The molecule has 0 spiro atoms. The minimum absolute atomic E-state index is 0.0483. The van der Waals surface area contributed by atoms with Gasteiger partial charge in [0, 0.05) is 5.56 Å². The van der Waals surface area contributed by atoms with Crippen LogP contribution in [0.3, 0.4) is 0 Å². The Hall–Kier alpha value is -1.87. The van der Waals surface area contributed by atoms with Crippen molar-refractivity contribution in [1.29, 1.82) is 0 Å². The van der Waals surface area contributed by atoms with E-state index in [0.29, 0.717) is 12.3 Å². The van der Waals surface area contributed by atoms with Crippen LogP contribution in [0.4, 0.5) is 35.1 Å². The highest BCUT2D eigenvalue weighted by Crippen LogP contribution is 2.48. The van der Waals surface area contributed by atoms with Crippen LogP contribution in [0.25, 0.3) is 0 Å². The van der Waals surface area contributed by atoms with E-state index < -0.39 is 35.0 Å². The Kier molecular flexibility index (Phi) is 3.97. The molecule has 0 aliphatic rings. The Balaban J connectivity index is 3.59. The second kappa shape index (κ2) is 4.91. The molecular weight excluding hydrogens is 300 g/mol. The van der Waals surface area contributed by atoms with Gasteiger partial charge in [0.25, 0.3) is 0 Å². The highest BCUT2D eigenvalue weighted by atomic mass is 19.4. The standard InChI is InChI=1S/C10H6F8N2/c11-8(12,10(16,17)18)7-3-5(4-20-19)1-2-6(7)9(13,14)15/h1-4H,19H2. The van der Waals surface area contributed by atoms with Crippen molar-refractivity contribution in [2.45, 2.75) is 18.3 Å². The molecule has 0 unspecified atom stereocenters. The molecule has 1 aromatic rings. The number of halogens is 8. The number of nitrogens with zero attached hydrogens (tertiary/aromatic N) is 1. The first kappa shape index (κ1) is 16.2. The zero-order chi connectivity index (χ0) is 15.8. The van der Waals surface area contributed by atoms with Crippen molar-refractivity contribution < 1.29 is 35.1 Å². The van der Waals surface area contributed by atoms with E-state index in [1.807, 2.05) is 0 Å². The largest absolute Gasteiger partial charge is 0.458 e. The maximum atomic E-state index is 13.2. The van der Waals surface area contributed by atoms with Crippen LogP contribution in [0.15, 0.2) is 23.3 Å². The van der Waals surface area contributed by atoms with E-state index in [0.717, 1.165) is 0 Å². The lowest BCUT2D eigenvalue weighted by molar-refractivity contribution is -0.291. The van der Waals surface area contributed by atoms with Crippen molar-refractivity contribution >= 4 is 6.21 Å². The molecule has 20 heavy (non-hydrogen) atoms. The van der Waals surface area contributed by atoms with Gasteiger partial charge in [-0.25, -0.2) is 0 Å². The molecule has 112 valence electrons. The fourth-order valence-electron chi connectivity index (χ4n) is 1.39. The van der Waals surface area contributed by atoms with E-state index in [1.54, 1.807) is 0 Å². The monoisotopic (exact) mass is 306 g/mol. The first-order valence-electron chi connectivity index (χ1n) is 4.80. The lowest BCUT2D eigenvalue weighted by Crippen LogP contribution is -2.35. The van der Waals surface area contributed by atoms with Gasteiger partial charge in [-0.2, -0.15) is 40.2 Å². The molecule has 0 amide bonds. The van der Waals surface area contributed by atoms with Crippen molar-refractivity contribution in [3.63, 3.8) is 0 Å². The zero-order valence-corrected chi connectivity index (χ0v) is 9.36. The first-order valence-corrected chi connectivity index (χ1v) is 4.80. The average Bonchev–Trinajstić information content (AvgIpc) is 2.26. The summed E-state index contributed by atoms with van der Waals surface area (Å²) in [4.78, 5) is 0.